The first-order valence-corrected chi connectivity index (χ1v) is 21.1. The van der Waals surface area contributed by atoms with E-state index in [1.165, 1.54) is 16.0 Å². The third kappa shape index (κ3) is 7.00. The van der Waals surface area contributed by atoms with E-state index in [9.17, 15) is 0 Å². The smallest absolute Gasteiger partial charge is 0.216 e. The van der Waals surface area contributed by atoms with Crippen molar-refractivity contribution >= 4 is 57.1 Å². The quantitative estimate of drug-likeness (QED) is 0.128. The number of aromatic nitrogens is 4. The Kier molecular flexibility index (Phi) is 9.65. The number of nitrogens with zero attached hydrogens (tertiary/aromatic N) is 4. The summed E-state index contributed by atoms with van der Waals surface area (Å²) >= 11 is 0. The number of aryl methyl sites for hydroxylation is 1. The molecule has 0 fully saturated rings. The molecule has 0 atom stereocenters. The fourth-order valence-corrected chi connectivity index (χ4v) is 8.40. The van der Waals surface area contributed by atoms with E-state index in [-0.39, 0.29) is 20.1 Å². The molecule has 0 saturated heterocycles. The summed E-state index contributed by atoms with van der Waals surface area (Å²) in [6.07, 6.45) is 1.98. The number of fused-ring (bicyclic) bond motifs is 5. The molecule has 4 aromatic heterocycles. The van der Waals surface area contributed by atoms with Crippen LogP contribution in [0.2, 0.25) is 19.6 Å². The number of imidazole rings is 1. The van der Waals surface area contributed by atoms with Crippen molar-refractivity contribution in [1.29, 1.82) is 0 Å². The second kappa shape index (κ2) is 14.7. The summed E-state index contributed by atoms with van der Waals surface area (Å²) in [7, 11) is -1.50. The van der Waals surface area contributed by atoms with Crippen LogP contribution in [0.25, 0.3) is 72.2 Å². The molecular weight excluding hydrogens is 845 g/mol. The summed E-state index contributed by atoms with van der Waals surface area (Å²) in [5.74, 6) is 0.190. The predicted octanol–water partition coefficient (Wildman–Crippen LogP) is 11.5. The topological polar surface area (TPSA) is 56.7 Å². The molecule has 9 aromatic rings. The number of rotatable bonds is 5. The van der Waals surface area contributed by atoms with Gasteiger partial charge in [-0.25, -0.2) is 4.98 Å². The maximum Gasteiger partial charge on any atom is 0.216 e. The Hall–Kier alpha value is -5.20. The van der Waals surface area contributed by atoms with Gasteiger partial charge in [0.15, 0.2) is 0 Å². The van der Waals surface area contributed by atoms with Gasteiger partial charge in [0.05, 0.1) is 30.5 Å². The molecule has 0 spiro atoms. The van der Waals surface area contributed by atoms with Crippen molar-refractivity contribution < 1.29 is 25.9 Å². The largest absolute Gasteiger partial charge is 0.486 e. The van der Waals surface area contributed by atoms with Crippen molar-refractivity contribution in [2.45, 2.75) is 46.3 Å². The minimum atomic E-state index is -1.50. The summed E-state index contributed by atoms with van der Waals surface area (Å²) in [6.45, 7) is 12.8. The number of pyridine rings is 2. The fraction of sp³-hybridized carbons (Fsp3) is 0.152. The van der Waals surface area contributed by atoms with E-state index < -0.39 is 14.0 Å². The average molecular weight is 886 g/mol. The van der Waals surface area contributed by atoms with Crippen LogP contribution in [0.1, 0.15) is 32.4 Å². The molecule has 5 nitrogen and oxygen atoms in total. The van der Waals surface area contributed by atoms with Gasteiger partial charge < -0.3 is 14.0 Å². The van der Waals surface area contributed by atoms with E-state index in [0.717, 1.165) is 67.0 Å². The van der Waals surface area contributed by atoms with Crippen molar-refractivity contribution in [2.75, 3.05) is 0 Å². The molecule has 1 radical (unpaired) electrons. The van der Waals surface area contributed by atoms with E-state index in [1.807, 2.05) is 87.6 Å². The van der Waals surface area contributed by atoms with E-state index in [4.69, 9.17) is 10.8 Å². The number of benzene rings is 5. The van der Waals surface area contributed by atoms with Crippen molar-refractivity contribution in [3.63, 3.8) is 0 Å². The molecule has 9 rings (SSSR count). The van der Waals surface area contributed by atoms with Crippen LogP contribution in [0.4, 0.5) is 0 Å². The monoisotopic (exact) mass is 886 g/mol. The number of furan rings is 1. The number of hydrogen-bond donors (Lipinski definition) is 0. The molecule has 0 amide bonds. The Bertz CT molecular complexity index is 2780. The van der Waals surface area contributed by atoms with Gasteiger partial charge in [-0.3, -0.25) is 4.98 Å². The molecule has 0 unspecified atom stereocenters. The van der Waals surface area contributed by atoms with Gasteiger partial charge in [-0.1, -0.05) is 98.5 Å². The second-order valence-corrected chi connectivity index (χ2v) is 19.5. The first-order valence-electron chi connectivity index (χ1n) is 18.1. The number of hydrogen-bond acceptors (Lipinski definition) is 4. The molecule has 7 heteroatoms. The van der Waals surface area contributed by atoms with Gasteiger partial charge in [0.25, 0.3) is 0 Å². The predicted molar refractivity (Wildman–Crippen MR) is 218 cm³/mol. The van der Waals surface area contributed by atoms with E-state index in [0.29, 0.717) is 5.71 Å². The van der Waals surface area contributed by atoms with Crippen LogP contribution in [0.15, 0.2) is 132 Å². The van der Waals surface area contributed by atoms with Gasteiger partial charge in [0, 0.05) is 44.4 Å². The van der Waals surface area contributed by atoms with Crippen LogP contribution in [0.3, 0.4) is 0 Å². The SMILES string of the molecule is Cc1ccc2c(n1)oc1c(-c3nc4ccccc4n3-c3ccc4ccccc4c3)[c-]ccc12.[2H]C(C)(C)c1cc(-c2[c-]cccc2)ncc1[Si](C)(C)C.[Ir]. The summed E-state index contributed by atoms with van der Waals surface area (Å²) in [5.41, 5.74) is 9.15. The Morgan fingerprint density at radius 1 is 0.774 bits per heavy atom. The maximum atomic E-state index is 8.44. The zero-order valence-electron chi connectivity index (χ0n) is 31.7. The fourth-order valence-electron chi connectivity index (χ4n) is 6.82. The van der Waals surface area contributed by atoms with Crippen molar-refractivity contribution in [3.8, 4) is 28.3 Å². The average Bonchev–Trinajstić information content (AvgIpc) is 3.72. The normalized spacial score (nSPS) is 12.1. The van der Waals surface area contributed by atoms with E-state index in [2.05, 4.69) is 107 Å². The molecule has 0 aliphatic rings. The molecule has 0 aliphatic carbocycles. The first kappa shape index (κ1) is 34.9. The van der Waals surface area contributed by atoms with Crippen molar-refractivity contribution in [3.05, 3.63) is 151 Å². The molecule has 265 valence electrons. The first-order chi connectivity index (χ1) is 25.5. The standard InChI is InChI=1S/C29H18N3O.C17H22NSi.Ir/c1-18-13-16-23-22-9-6-10-24(27(22)33-29(23)30-18)28-31-25-11-4-5-12-26(25)32(28)21-15-14-19-7-2-3-8-20(19)17-21;1-13(2)15-11-16(14-9-7-6-8-10-14)18-12-17(15)19(3,4)5;/h2-9,11-17H,1H3;6-9,11-13H,1-5H3;/q2*-1;/i;13D;. The van der Waals surface area contributed by atoms with Crippen molar-refractivity contribution in [1.82, 2.24) is 19.5 Å². The zero-order valence-corrected chi connectivity index (χ0v) is 34.0. The van der Waals surface area contributed by atoms with Gasteiger partial charge in [-0.2, -0.15) is 0 Å². The minimum absolute atomic E-state index is 0. The van der Waals surface area contributed by atoms with Crippen LogP contribution >= 0.6 is 0 Å². The van der Waals surface area contributed by atoms with E-state index in [1.54, 1.807) is 0 Å². The Labute approximate surface area is 326 Å². The Morgan fingerprint density at radius 3 is 2.32 bits per heavy atom. The maximum absolute atomic E-state index is 8.44. The summed E-state index contributed by atoms with van der Waals surface area (Å²) in [6, 6.07) is 47.7. The molecule has 0 saturated carbocycles. The summed E-state index contributed by atoms with van der Waals surface area (Å²) in [4.78, 5) is 14.2. The summed E-state index contributed by atoms with van der Waals surface area (Å²) in [5, 5.41) is 5.68. The van der Waals surface area contributed by atoms with Crippen LogP contribution in [-0.2, 0) is 20.1 Å². The third-order valence-corrected chi connectivity index (χ3v) is 11.5. The second-order valence-electron chi connectivity index (χ2n) is 14.4. The molecule has 5 aromatic carbocycles. The van der Waals surface area contributed by atoms with Crippen molar-refractivity contribution in [2.24, 2.45) is 0 Å². The number of para-hydroxylation sites is 2. The van der Waals surface area contributed by atoms with Crippen LogP contribution in [-0.4, -0.2) is 27.6 Å². The van der Waals surface area contributed by atoms with Gasteiger partial charge in [-0.15, -0.1) is 54.1 Å². The van der Waals surface area contributed by atoms with Crippen LogP contribution in [0, 0.1) is 19.1 Å². The third-order valence-electron chi connectivity index (χ3n) is 9.45. The minimum Gasteiger partial charge on any atom is -0.486 e. The summed E-state index contributed by atoms with van der Waals surface area (Å²) < 4.78 is 16.9. The molecular formula is C46H40IrN4OSi-2. The molecule has 53 heavy (non-hydrogen) atoms. The van der Waals surface area contributed by atoms with E-state index >= 15 is 0 Å². The van der Waals surface area contributed by atoms with Gasteiger partial charge >= 0.3 is 0 Å². The molecule has 4 heterocycles. The zero-order chi connectivity index (χ0) is 36.9. The Morgan fingerprint density at radius 2 is 1.55 bits per heavy atom. The Balaban J connectivity index is 0.000000186. The van der Waals surface area contributed by atoms with Gasteiger partial charge in [0.1, 0.15) is 0 Å². The molecule has 0 N–H and O–H groups in total. The molecule has 0 bridgehead atoms. The van der Waals surface area contributed by atoms with Crippen LogP contribution < -0.4 is 5.19 Å². The van der Waals surface area contributed by atoms with Gasteiger partial charge in [0.2, 0.25) is 5.71 Å². The van der Waals surface area contributed by atoms with Gasteiger partial charge in [-0.05, 0) is 70.9 Å². The molecule has 0 aliphatic heterocycles. The van der Waals surface area contributed by atoms with Crippen LogP contribution in [0.5, 0.6) is 0 Å².